The van der Waals surface area contributed by atoms with Crippen LogP contribution in [-0.4, -0.2) is 42.2 Å². The van der Waals surface area contributed by atoms with E-state index in [0.29, 0.717) is 5.56 Å². The number of hydrogen-bond acceptors (Lipinski definition) is 3. The third-order valence-electron chi connectivity index (χ3n) is 5.38. The van der Waals surface area contributed by atoms with E-state index < -0.39 is 0 Å². The number of rotatable bonds is 5. The van der Waals surface area contributed by atoms with Crippen molar-refractivity contribution < 1.29 is 9.53 Å². The first-order valence-electron chi connectivity index (χ1n) is 9.63. The molecule has 0 spiro atoms. The summed E-state index contributed by atoms with van der Waals surface area (Å²) in [7, 11) is 4.22. The summed E-state index contributed by atoms with van der Waals surface area (Å²) in [5, 5.41) is 1.30. The van der Waals surface area contributed by atoms with Crippen molar-refractivity contribution in [1.29, 1.82) is 0 Å². The van der Waals surface area contributed by atoms with Crippen LogP contribution in [0.4, 0.5) is 0 Å². The smallest absolute Gasteiger partial charge is 0.338 e. The van der Waals surface area contributed by atoms with Crippen molar-refractivity contribution in [1.82, 2.24) is 9.47 Å². The molecule has 4 heteroatoms. The quantitative estimate of drug-likeness (QED) is 0.645. The van der Waals surface area contributed by atoms with Crippen LogP contribution in [0.3, 0.4) is 0 Å². The number of nitrogens with zero attached hydrogens (tertiary/aromatic N) is 2. The zero-order valence-corrected chi connectivity index (χ0v) is 16.0. The lowest BCUT2D eigenvalue weighted by atomic mass is 9.93. The molecule has 0 N–H and O–H groups in total. The molecule has 3 aromatic rings. The van der Waals surface area contributed by atoms with Crippen molar-refractivity contribution in [2.45, 2.75) is 31.9 Å². The van der Waals surface area contributed by atoms with Gasteiger partial charge in [-0.05, 0) is 50.7 Å². The number of esters is 1. The van der Waals surface area contributed by atoms with Crippen LogP contribution in [0.25, 0.3) is 10.9 Å². The first kappa shape index (κ1) is 17.8. The van der Waals surface area contributed by atoms with Crippen LogP contribution in [0.15, 0.2) is 54.6 Å². The zero-order valence-electron chi connectivity index (χ0n) is 16.0. The Morgan fingerprint density at radius 2 is 1.85 bits per heavy atom. The van der Waals surface area contributed by atoms with Crippen LogP contribution in [-0.2, 0) is 24.1 Å². The Balaban J connectivity index is 1.59. The number of aromatic nitrogens is 1. The Hall–Kier alpha value is -2.59. The Morgan fingerprint density at radius 3 is 2.63 bits per heavy atom. The fraction of sp³-hybridized carbons (Fsp3) is 0.348. The van der Waals surface area contributed by atoms with Crippen LogP contribution < -0.4 is 0 Å². The average molecular weight is 362 g/mol. The van der Waals surface area contributed by atoms with Gasteiger partial charge >= 0.3 is 5.97 Å². The van der Waals surface area contributed by atoms with Gasteiger partial charge in [-0.15, -0.1) is 0 Å². The Morgan fingerprint density at radius 1 is 1.11 bits per heavy atom. The monoisotopic (exact) mass is 362 g/mol. The van der Waals surface area contributed by atoms with E-state index in [-0.39, 0.29) is 12.1 Å². The van der Waals surface area contributed by atoms with E-state index in [2.05, 4.69) is 47.8 Å². The molecule has 1 aliphatic carbocycles. The molecule has 0 amide bonds. The molecule has 4 rings (SSSR count). The second-order valence-corrected chi connectivity index (χ2v) is 7.53. The largest absolute Gasteiger partial charge is 0.458 e. The molecule has 1 aromatic heterocycles. The predicted octanol–water partition coefficient (Wildman–Crippen LogP) is 3.92. The number of para-hydroxylation sites is 1. The van der Waals surface area contributed by atoms with Gasteiger partial charge in [-0.1, -0.05) is 36.4 Å². The van der Waals surface area contributed by atoms with Crippen molar-refractivity contribution >= 4 is 16.9 Å². The SMILES string of the molecule is CN(C)CCn1c2c(c3ccccc31)CC(OC(=O)c1ccccc1)CC2. The van der Waals surface area contributed by atoms with Crippen molar-refractivity contribution in [2.75, 3.05) is 20.6 Å². The first-order valence-corrected chi connectivity index (χ1v) is 9.63. The minimum Gasteiger partial charge on any atom is -0.458 e. The average Bonchev–Trinajstić information content (AvgIpc) is 3.00. The summed E-state index contributed by atoms with van der Waals surface area (Å²) in [6.45, 7) is 1.99. The maximum Gasteiger partial charge on any atom is 0.338 e. The van der Waals surface area contributed by atoms with Crippen LogP contribution in [0, 0.1) is 0 Å². The van der Waals surface area contributed by atoms with Gasteiger partial charge in [0, 0.05) is 36.1 Å². The molecular formula is C23H26N2O2. The van der Waals surface area contributed by atoms with Gasteiger partial charge < -0.3 is 14.2 Å². The second-order valence-electron chi connectivity index (χ2n) is 7.53. The summed E-state index contributed by atoms with van der Waals surface area (Å²) < 4.78 is 8.29. The van der Waals surface area contributed by atoms with Crippen molar-refractivity contribution in [3.8, 4) is 0 Å². The number of ether oxygens (including phenoxy) is 1. The molecule has 1 heterocycles. The molecule has 0 saturated carbocycles. The predicted molar refractivity (Wildman–Crippen MR) is 108 cm³/mol. The van der Waals surface area contributed by atoms with Crippen molar-refractivity contribution in [2.24, 2.45) is 0 Å². The summed E-state index contributed by atoms with van der Waals surface area (Å²) in [5.41, 5.74) is 4.67. The van der Waals surface area contributed by atoms with E-state index in [4.69, 9.17) is 4.74 Å². The standard InChI is InChI=1S/C23H26N2O2/c1-24(2)14-15-25-21-11-7-6-10-19(21)20-16-18(12-13-22(20)25)27-23(26)17-8-4-3-5-9-17/h3-11,18H,12-16H2,1-2H3. The highest BCUT2D eigenvalue weighted by Crippen LogP contribution is 2.33. The van der Waals surface area contributed by atoms with Gasteiger partial charge in [-0.2, -0.15) is 0 Å². The van der Waals surface area contributed by atoms with Crippen LogP contribution in [0.2, 0.25) is 0 Å². The molecule has 0 radical (unpaired) electrons. The second kappa shape index (κ2) is 7.57. The molecule has 0 aliphatic heterocycles. The molecule has 27 heavy (non-hydrogen) atoms. The number of carbonyl (C=O) groups is 1. The Kier molecular flexibility index (Phi) is 4.99. The highest BCUT2D eigenvalue weighted by molar-refractivity contribution is 5.89. The molecule has 2 aromatic carbocycles. The maximum absolute atomic E-state index is 12.4. The summed E-state index contributed by atoms with van der Waals surface area (Å²) in [6.07, 6.45) is 2.57. The lowest BCUT2D eigenvalue weighted by Crippen LogP contribution is -2.27. The van der Waals surface area contributed by atoms with Gasteiger partial charge in [-0.3, -0.25) is 0 Å². The summed E-state index contributed by atoms with van der Waals surface area (Å²) >= 11 is 0. The molecule has 0 saturated heterocycles. The Bertz CT molecular complexity index is 944. The van der Waals surface area contributed by atoms with E-state index in [1.807, 2.05) is 30.3 Å². The number of carbonyl (C=O) groups excluding carboxylic acids is 1. The van der Waals surface area contributed by atoms with E-state index in [9.17, 15) is 4.79 Å². The highest BCUT2D eigenvalue weighted by Gasteiger charge is 2.27. The molecule has 0 bridgehead atoms. The maximum atomic E-state index is 12.4. The number of benzene rings is 2. The number of fused-ring (bicyclic) bond motifs is 3. The third-order valence-corrected chi connectivity index (χ3v) is 5.38. The lowest BCUT2D eigenvalue weighted by molar-refractivity contribution is 0.0270. The number of likely N-dealkylation sites (N-methyl/N-ethyl adjacent to an activating group) is 1. The van der Waals surface area contributed by atoms with E-state index >= 15 is 0 Å². The third kappa shape index (κ3) is 3.62. The van der Waals surface area contributed by atoms with E-state index in [1.54, 1.807) is 0 Å². The molecule has 1 atom stereocenters. The lowest BCUT2D eigenvalue weighted by Gasteiger charge is -2.24. The number of hydrogen-bond donors (Lipinski definition) is 0. The first-order chi connectivity index (χ1) is 13.1. The van der Waals surface area contributed by atoms with Crippen molar-refractivity contribution in [3.63, 3.8) is 0 Å². The summed E-state index contributed by atoms with van der Waals surface area (Å²) in [6, 6.07) is 17.9. The molecule has 1 unspecified atom stereocenters. The summed E-state index contributed by atoms with van der Waals surface area (Å²) in [4.78, 5) is 14.7. The van der Waals surface area contributed by atoms with Crippen LogP contribution in [0.1, 0.15) is 28.0 Å². The zero-order chi connectivity index (χ0) is 18.8. The van der Waals surface area contributed by atoms with Crippen LogP contribution in [0.5, 0.6) is 0 Å². The topological polar surface area (TPSA) is 34.5 Å². The van der Waals surface area contributed by atoms with Crippen molar-refractivity contribution in [3.05, 3.63) is 71.4 Å². The van der Waals surface area contributed by atoms with E-state index in [1.165, 1.54) is 22.2 Å². The fourth-order valence-electron chi connectivity index (χ4n) is 4.02. The molecule has 140 valence electrons. The van der Waals surface area contributed by atoms with Gasteiger partial charge in [0.15, 0.2) is 0 Å². The van der Waals surface area contributed by atoms with E-state index in [0.717, 1.165) is 32.4 Å². The Labute approximate surface area is 160 Å². The van der Waals surface area contributed by atoms with Crippen LogP contribution >= 0.6 is 0 Å². The van der Waals surface area contributed by atoms with Gasteiger partial charge in [0.05, 0.1) is 5.56 Å². The van der Waals surface area contributed by atoms with Gasteiger partial charge in [0.1, 0.15) is 6.10 Å². The molecule has 0 fully saturated rings. The molecule has 1 aliphatic rings. The minimum absolute atomic E-state index is 0.0571. The van der Waals surface area contributed by atoms with Gasteiger partial charge in [-0.25, -0.2) is 4.79 Å². The summed E-state index contributed by atoms with van der Waals surface area (Å²) in [5.74, 6) is -0.222. The van der Waals surface area contributed by atoms with Gasteiger partial charge in [0.2, 0.25) is 0 Å². The fourth-order valence-corrected chi connectivity index (χ4v) is 4.02. The highest BCUT2D eigenvalue weighted by atomic mass is 16.5. The minimum atomic E-state index is -0.222. The normalized spacial score (nSPS) is 16.5. The molecular weight excluding hydrogens is 336 g/mol. The molecule has 4 nitrogen and oxygen atoms in total. The van der Waals surface area contributed by atoms with Gasteiger partial charge in [0.25, 0.3) is 0 Å².